The summed E-state index contributed by atoms with van der Waals surface area (Å²) in [4.78, 5) is 5.82. The SMILES string of the molecule is CCc1nc(C)c(C(C)N[C@H](CC)CO)s1. The van der Waals surface area contributed by atoms with Gasteiger partial charge in [-0.05, 0) is 26.7 Å². The predicted molar refractivity (Wildman–Crippen MR) is 68.9 cm³/mol. The van der Waals surface area contributed by atoms with Crippen LogP contribution in [0.4, 0.5) is 0 Å². The Balaban J connectivity index is 2.71. The lowest BCUT2D eigenvalue weighted by molar-refractivity contribution is 0.230. The molecule has 1 heterocycles. The molecule has 0 aliphatic rings. The van der Waals surface area contributed by atoms with Gasteiger partial charge in [0, 0.05) is 17.0 Å². The first-order chi connectivity index (χ1) is 7.62. The third kappa shape index (κ3) is 3.27. The largest absolute Gasteiger partial charge is 0.395 e. The molecule has 92 valence electrons. The Morgan fingerprint density at radius 1 is 1.44 bits per heavy atom. The van der Waals surface area contributed by atoms with E-state index in [1.54, 1.807) is 11.3 Å². The molecular formula is C12H22N2OS. The summed E-state index contributed by atoms with van der Waals surface area (Å²) < 4.78 is 0. The van der Waals surface area contributed by atoms with Crippen molar-refractivity contribution in [3.63, 3.8) is 0 Å². The lowest BCUT2D eigenvalue weighted by Gasteiger charge is -2.19. The molecule has 1 rings (SSSR count). The van der Waals surface area contributed by atoms with Crippen molar-refractivity contribution in [1.82, 2.24) is 10.3 Å². The van der Waals surface area contributed by atoms with Gasteiger partial charge in [-0.25, -0.2) is 4.98 Å². The van der Waals surface area contributed by atoms with E-state index in [-0.39, 0.29) is 18.7 Å². The Morgan fingerprint density at radius 3 is 2.56 bits per heavy atom. The summed E-state index contributed by atoms with van der Waals surface area (Å²) in [7, 11) is 0. The zero-order chi connectivity index (χ0) is 12.1. The molecule has 0 saturated heterocycles. The normalized spacial score (nSPS) is 15.1. The Hall–Kier alpha value is -0.450. The van der Waals surface area contributed by atoms with Gasteiger partial charge in [0.05, 0.1) is 17.3 Å². The number of hydrogen-bond acceptors (Lipinski definition) is 4. The lowest BCUT2D eigenvalue weighted by Crippen LogP contribution is -2.33. The van der Waals surface area contributed by atoms with Crippen molar-refractivity contribution in [2.75, 3.05) is 6.61 Å². The average molecular weight is 242 g/mol. The fourth-order valence-corrected chi connectivity index (χ4v) is 2.77. The predicted octanol–water partition coefficient (Wildman–Crippen LogP) is 2.44. The molecule has 1 unspecified atom stereocenters. The number of aryl methyl sites for hydroxylation is 2. The van der Waals surface area contributed by atoms with Crippen LogP contribution in [0.1, 0.15) is 48.8 Å². The molecule has 1 aromatic rings. The number of hydrogen-bond donors (Lipinski definition) is 2. The van der Waals surface area contributed by atoms with Crippen LogP contribution in [0.15, 0.2) is 0 Å². The maximum atomic E-state index is 9.17. The molecular weight excluding hydrogens is 220 g/mol. The van der Waals surface area contributed by atoms with Crippen molar-refractivity contribution in [3.8, 4) is 0 Å². The lowest BCUT2D eigenvalue weighted by atomic mass is 10.2. The van der Waals surface area contributed by atoms with Crippen LogP contribution in [0.5, 0.6) is 0 Å². The highest BCUT2D eigenvalue weighted by atomic mass is 32.1. The van der Waals surface area contributed by atoms with Gasteiger partial charge < -0.3 is 10.4 Å². The summed E-state index contributed by atoms with van der Waals surface area (Å²) in [6.45, 7) is 8.60. The Labute approximate surface area is 102 Å². The number of aromatic nitrogens is 1. The second kappa shape index (κ2) is 6.33. The maximum absolute atomic E-state index is 9.17. The molecule has 0 aliphatic heterocycles. The number of nitrogens with one attached hydrogen (secondary N) is 1. The van der Waals surface area contributed by atoms with Crippen molar-refractivity contribution in [2.24, 2.45) is 0 Å². The minimum Gasteiger partial charge on any atom is -0.395 e. The van der Waals surface area contributed by atoms with Gasteiger partial charge >= 0.3 is 0 Å². The van der Waals surface area contributed by atoms with Crippen LogP contribution in [0.3, 0.4) is 0 Å². The fourth-order valence-electron chi connectivity index (χ4n) is 1.75. The number of thiazole rings is 1. The molecule has 0 radical (unpaired) electrons. The highest BCUT2D eigenvalue weighted by molar-refractivity contribution is 7.11. The summed E-state index contributed by atoms with van der Waals surface area (Å²) in [6.07, 6.45) is 1.94. The number of aliphatic hydroxyl groups excluding tert-OH is 1. The van der Waals surface area contributed by atoms with Gasteiger partial charge in [-0.1, -0.05) is 13.8 Å². The van der Waals surface area contributed by atoms with Crippen LogP contribution in [0.25, 0.3) is 0 Å². The monoisotopic (exact) mass is 242 g/mol. The molecule has 0 aromatic carbocycles. The second-order valence-electron chi connectivity index (χ2n) is 4.09. The molecule has 16 heavy (non-hydrogen) atoms. The minimum absolute atomic E-state index is 0.182. The first-order valence-electron chi connectivity index (χ1n) is 5.95. The summed E-state index contributed by atoms with van der Waals surface area (Å²) >= 11 is 1.78. The number of nitrogens with zero attached hydrogens (tertiary/aromatic N) is 1. The van der Waals surface area contributed by atoms with Crippen LogP contribution in [0.2, 0.25) is 0 Å². The van der Waals surface area contributed by atoms with E-state index in [1.165, 1.54) is 9.88 Å². The van der Waals surface area contributed by atoms with Gasteiger partial charge in [0.25, 0.3) is 0 Å². The van der Waals surface area contributed by atoms with Crippen LogP contribution in [0, 0.1) is 6.92 Å². The zero-order valence-electron chi connectivity index (χ0n) is 10.6. The standard InChI is InChI=1S/C12H22N2OS/c1-5-10(7-15)13-8(3)12-9(4)14-11(6-2)16-12/h8,10,13,15H,5-7H2,1-4H3/t8?,10-/m1/s1. The molecule has 2 N–H and O–H groups in total. The average Bonchev–Trinajstić information content (AvgIpc) is 2.67. The van der Waals surface area contributed by atoms with Gasteiger partial charge in [0.1, 0.15) is 0 Å². The highest BCUT2D eigenvalue weighted by Crippen LogP contribution is 2.25. The van der Waals surface area contributed by atoms with Crippen molar-refractivity contribution < 1.29 is 5.11 Å². The van der Waals surface area contributed by atoms with Gasteiger partial charge in [-0.15, -0.1) is 11.3 Å². The van der Waals surface area contributed by atoms with Gasteiger partial charge in [0.2, 0.25) is 0 Å². The van der Waals surface area contributed by atoms with Crippen molar-refractivity contribution >= 4 is 11.3 Å². The number of aliphatic hydroxyl groups is 1. The smallest absolute Gasteiger partial charge is 0.0928 e. The topological polar surface area (TPSA) is 45.2 Å². The van der Waals surface area contributed by atoms with Gasteiger partial charge in [0.15, 0.2) is 0 Å². The third-order valence-corrected chi connectivity index (χ3v) is 4.26. The van der Waals surface area contributed by atoms with E-state index in [4.69, 9.17) is 5.11 Å². The summed E-state index contributed by atoms with van der Waals surface area (Å²) in [5, 5.41) is 13.8. The molecule has 0 amide bonds. The van der Waals surface area contributed by atoms with Crippen LogP contribution in [-0.4, -0.2) is 22.7 Å². The van der Waals surface area contributed by atoms with E-state index in [1.807, 2.05) is 0 Å². The van der Waals surface area contributed by atoms with E-state index in [0.29, 0.717) is 0 Å². The molecule has 0 spiro atoms. The Kier molecular flexibility index (Phi) is 5.38. The maximum Gasteiger partial charge on any atom is 0.0928 e. The molecule has 3 nitrogen and oxygen atoms in total. The van der Waals surface area contributed by atoms with Crippen molar-refractivity contribution in [1.29, 1.82) is 0 Å². The van der Waals surface area contributed by atoms with Crippen LogP contribution >= 0.6 is 11.3 Å². The minimum atomic E-state index is 0.182. The molecule has 0 fully saturated rings. The fraction of sp³-hybridized carbons (Fsp3) is 0.750. The van der Waals surface area contributed by atoms with E-state index in [0.717, 1.165) is 18.5 Å². The quantitative estimate of drug-likeness (QED) is 0.805. The van der Waals surface area contributed by atoms with Gasteiger partial charge in [-0.3, -0.25) is 0 Å². The van der Waals surface area contributed by atoms with Crippen molar-refractivity contribution in [3.05, 3.63) is 15.6 Å². The van der Waals surface area contributed by atoms with E-state index in [9.17, 15) is 0 Å². The zero-order valence-corrected chi connectivity index (χ0v) is 11.4. The second-order valence-corrected chi connectivity index (χ2v) is 5.20. The summed E-state index contributed by atoms with van der Waals surface area (Å²) in [5.41, 5.74) is 1.12. The molecule has 0 aliphatic carbocycles. The molecule has 0 saturated carbocycles. The van der Waals surface area contributed by atoms with Crippen LogP contribution in [-0.2, 0) is 6.42 Å². The first kappa shape index (κ1) is 13.6. The molecule has 2 atom stereocenters. The van der Waals surface area contributed by atoms with Crippen molar-refractivity contribution in [2.45, 2.75) is 52.6 Å². The van der Waals surface area contributed by atoms with E-state index >= 15 is 0 Å². The van der Waals surface area contributed by atoms with E-state index < -0.39 is 0 Å². The van der Waals surface area contributed by atoms with Gasteiger partial charge in [-0.2, -0.15) is 0 Å². The summed E-state index contributed by atoms with van der Waals surface area (Å²) in [6, 6.07) is 0.455. The molecule has 1 aromatic heterocycles. The third-order valence-electron chi connectivity index (χ3n) is 2.77. The Bertz CT molecular complexity index is 321. The molecule has 4 heteroatoms. The molecule has 0 bridgehead atoms. The van der Waals surface area contributed by atoms with E-state index in [2.05, 4.69) is 38.0 Å². The first-order valence-corrected chi connectivity index (χ1v) is 6.77. The highest BCUT2D eigenvalue weighted by Gasteiger charge is 2.16. The Morgan fingerprint density at radius 2 is 2.12 bits per heavy atom. The number of rotatable bonds is 6. The summed E-state index contributed by atoms with van der Waals surface area (Å²) in [5.74, 6) is 0. The van der Waals surface area contributed by atoms with Crippen LogP contribution < -0.4 is 5.32 Å².